The van der Waals surface area contributed by atoms with E-state index < -0.39 is 4.92 Å². The summed E-state index contributed by atoms with van der Waals surface area (Å²) in [6, 6.07) is 6.37. The summed E-state index contributed by atoms with van der Waals surface area (Å²) >= 11 is 6.10. The van der Waals surface area contributed by atoms with Gasteiger partial charge >= 0.3 is 0 Å². The predicted octanol–water partition coefficient (Wildman–Crippen LogP) is 3.53. The molecule has 0 amide bonds. The second kappa shape index (κ2) is 4.42. The highest BCUT2D eigenvalue weighted by Gasteiger charge is 2.13. The molecule has 3 nitrogen and oxygen atoms in total. The standard InChI is InChI=1S/C10H12ClNO2/c1-7(2)10(11)8-3-5-9(6-4-8)12(13)14/h3-7,10H,1-2H3. The van der Waals surface area contributed by atoms with Crippen LogP contribution in [0.15, 0.2) is 24.3 Å². The molecular weight excluding hydrogens is 202 g/mol. The number of nitro groups is 1. The number of nitrogens with zero attached hydrogens (tertiary/aromatic N) is 1. The fourth-order valence-electron chi connectivity index (χ4n) is 1.16. The van der Waals surface area contributed by atoms with Crippen LogP contribution in [0.4, 0.5) is 5.69 Å². The van der Waals surface area contributed by atoms with Crippen LogP contribution in [0.2, 0.25) is 0 Å². The maximum Gasteiger partial charge on any atom is 0.269 e. The van der Waals surface area contributed by atoms with Crippen LogP contribution in [0.5, 0.6) is 0 Å². The molecule has 0 fully saturated rings. The van der Waals surface area contributed by atoms with Gasteiger partial charge in [0, 0.05) is 12.1 Å². The Balaban J connectivity index is 2.88. The van der Waals surface area contributed by atoms with Crippen LogP contribution in [-0.4, -0.2) is 4.92 Å². The Kier molecular flexibility index (Phi) is 3.47. The van der Waals surface area contributed by atoms with Crippen LogP contribution in [0.3, 0.4) is 0 Å². The quantitative estimate of drug-likeness (QED) is 0.438. The molecule has 0 aliphatic carbocycles. The third-order valence-corrected chi connectivity index (χ3v) is 2.76. The number of rotatable bonds is 3. The van der Waals surface area contributed by atoms with Gasteiger partial charge in [-0.05, 0) is 11.5 Å². The number of non-ortho nitro benzene ring substituents is 1. The SMILES string of the molecule is CC(C)C(Cl)c1ccc([N+](=O)[O-])cc1. The Morgan fingerprint density at radius 1 is 1.29 bits per heavy atom. The van der Waals surface area contributed by atoms with Crippen molar-refractivity contribution < 1.29 is 4.92 Å². The van der Waals surface area contributed by atoms with Crippen LogP contribution in [0.1, 0.15) is 24.8 Å². The summed E-state index contributed by atoms with van der Waals surface area (Å²) in [6.45, 7) is 4.03. The van der Waals surface area contributed by atoms with Crippen molar-refractivity contribution in [3.8, 4) is 0 Å². The summed E-state index contributed by atoms with van der Waals surface area (Å²) in [5.74, 6) is 0.318. The predicted molar refractivity (Wildman–Crippen MR) is 56.5 cm³/mol. The van der Waals surface area contributed by atoms with Gasteiger partial charge in [0.1, 0.15) is 0 Å². The van der Waals surface area contributed by atoms with Crippen LogP contribution in [0.25, 0.3) is 0 Å². The zero-order chi connectivity index (χ0) is 10.7. The van der Waals surface area contributed by atoms with E-state index in [4.69, 9.17) is 11.6 Å². The first-order valence-electron chi connectivity index (χ1n) is 4.41. The molecule has 0 aromatic heterocycles. The average Bonchev–Trinajstić information content (AvgIpc) is 2.16. The number of halogens is 1. The van der Waals surface area contributed by atoms with E-state index in [1.165, 1.54) is 12.1 Å². The van der Waals surface area contributed by atoms with Crippen molar-refractivity contribution in [2.24, 2.45) is 5.92 Å². The molecule has 1 aromatic rings. The Morgan fingerprint density at radius 3 is 2.14 bits per heavy atom. The van der Waals surface area contributed by atoms with Crippen molar-refractivity contribution in [2.75, 3.05) is 0 Å². The van der Waals surface area contributed by atoms with Gasteiger partial charge in [0.25, 0.3) is 5.69 Å². The number of nitro benzene ring substituents is 1. The minimum absolute atomic E-state index is 0.0872. The lowest BCUT2D eigenvalue weighted by molar-refractivity contribution is -0.384. The van der Waals surface area contributed by atoms with Gasteiger partial charge in [0.15, 0.2) is 0 Å². The minimum atomic E-state index is -0.414. The molecule has 0 heterocycles. The molecule has 0 N–H and O–H groups in total. The largest absolute Gasteiger partial charge is 0.269 e. The van der Waals surface area contributed by atoms with Gasteiger partial charge < -0.3 is 0 Å². The first-order valence-corrected chi connectivity index (χ1v) is 4.84. The van der Waals surface area contributed by atoms with Gasteiger partial charge in [-0.3, -0.25) is 10.1 Å². The maximum absolute atomic E-state index is 10.4. The number of benzene rings is 1. The monoisotopic (exact) mass is 213 g/mol. The van der Waals surface area contributed by atoms with Crippen LogP contribution in [0, 0.1) is 16.0 Å². The highest BCUT2D eigenvalue weighted by molar-refractivity contribution is 6.20. The Bertz CT molecular complexity index is 321. The first kappa shape index (κ1) is 11.0. The highest BCUT2D eigenvalue weighted by atomic mass is 35.5. The van der Waals surface area contributed by atoms with E-state index in [0.29, 0.717) is 5.92 Å². The van der Waals surface area contributed by atoms with Crippen molar-refractivity contribution in [1.29, 1.82) is 0 Å². The highest BCUT2D eigenvalue weighted by Crippen LogP contribution is 2.29. The molecule has 1 atom stereocenters. The molecular formula is C10H12ClNO2. The van der Waals surface area contributed by atoms with Gasteiger partial charge in [-0.2, -0.15) is 0 Å². The zero-order valence-electron chi connectivity index (χ0n) is 8.11. The van der Waals surface area contributed by atoms with Gasteiger partial charge in [-0.25, -0.2) is 0 Å². The molecule has 14 heavy (non-hydrogen) atoms. The van der Waals surface area contributed by atoms with Crippen molar-refractivity contribution in [2.45, 2.75) is 19.2 Å². The zero-order valence-corrected chi connectivity index (χ0v) is 8.86. The van der Waals surface area contributed by atoms with Gasteiger partial charge in [0.05, 0.1) is 10.3 Å². The number of alkyl halides is 1. The summed E-state index contributed by atoms with van der Waals surface area (Å²) in [5, 5.41) is 10.3. The molecule has 1 rings (SSSR count). The van der Waals surface area contributed by atoms with Crippen molar-refractivity contribution in [1.82, 2.24) is 0 Å². The molecule has 0 spiro atoms. The van der Waals surface area contributed by atoms with Gasteiger partial charge in [-0.15, -0.1) is 11.6 Å². The lowest BCUT2D eigenvalue weighted by Gasteiger charge is -2.12. The van der Waals surface area contributed by atoms with E-state index in [1.807, 2.05) is 13.8 Å². The van der Waals surface area contributed by atoms with E-state index in [-0.39, 0.29) is 11.1 Å². The average molecular weight is 214 g/mol. The number of hydrogen-bond acceptors (Lipinski definition) is 2. The third kappa shape index (κ3) is 2.45. The summed E-state index contributed by atoms with van der Waals surface area (Å²) in [4.78, 5) is 9.97. The fourth-order valence-corrected chi connectivity index (χ4v) is 1.31. The molecule has 0 radical (unpaired) electrons. The second-order valence-electron chi connectivity index (χ2n) is 3.49. The third-order valence-electron chi connectivity index (χ3n) is 2.01. The smallest absolute Gasteiger partial charge is 0.258 e. The lowest BCUT2D eigenvalue weighted by atomic mass is 10.0. The van der Waals surface area contributed by atoms with E-state index in [0.717, 1.165) is 5.56 Å². The fraction of sp³-hybridized carbons (Fsp3) is 0.400. The lowest BCUT2D eigenvalue weighted by Crippen LogP contribution is -1.99. The summed E-state index contributed by atoms with van der Waals surface area (Å²) < 4.78 is 0. The summed E-state index contributed by atoms with van der Waals surface area (Å²) in [5.41, 5.74) is 1.02. The summed E-state index contributed by atoms with van der Waals surface area (Å²) in [6.07, 6.45) is 0. The van der Waals surface area contributed by atoms with E-state index in [9.17, 15) is 10.1 Å². The van der Waals surface area contributed by atoms with Crippen molar-refractivity contribution in [3.63, 3.8) is 0 Å². The van der Waals surface area contributed by atoms with Crippen molar-refractivity contribution in [3.05, 3.63) is 39.9 Å². The van der Waals surface area contributed by atoms with Crippen LogP contribution in [-0.2, 0) is 0 Å². The van der Waals surface area contributed by atoms with Gasteiger partial charge in [-0.1, -0.05) is 26.0 Å². The molecule has 0 saturated carbocycles. The van der Waals surface area contributed by atoms with E-state index in [2.05, 4.69) is 0 Å². The Hall–Kier alpha value is -1.09. The molecule has 1 unspecified atom stereocenters. The van der Waals surface area contributed by atoms with Gasteiger partial charge in [0.2, 0.25) is 0 Å². The molecule has 0 aliphatic heterocycles. The van der Waals surface area contributed by atoms with E-state index in [1.54, 1.807) is 12.1 Å². The van der Waals surface area contributed by atoms with Crippen LogP contribution >= 0.6 is 11.6 Å². The number of hydrogen-bond donors (Lipinski definition) is 0. The second-order valence-corrected chi connectivity index (χ2v) is 3.96. The minimum Gasteiger partial charge on any atom is -0.258 e. The van der Waals surface area contributed by atoms with E-state index >= 15 is 0 Å². The first-order chi connectivity index (χ1) is 6.52. The molecule has 1 aromatic carbocycles. The molecule has 0 aliphatic rings. The normalized spacial score (nSPS) is 12.9. The molecule has 0 bridgehead atoms. The summed E-state index contributed by atoms with van der Waals surface area (Å²) in [7, 11) is 0. The molecule has 0 saturated heterocycles. The topological polar surface area (TPSA) is 43.1 Å². The maximum atomic E-state index is 10.4. The Labute approximate surface area is 87.8 Å². The van der Waals surface area contributed by atoms with Crippen LogP contribution < -0.4 is 0 Å². The molecule has 4 heteroatoms. The van der Waals surface area contributed by atoms with Crippen molar-refractivity contribution >= 4 is 17.3 Å². The Morgan fingerprint density at radius 2 is 1.79 bits per heavy atom. The molecule has 76 valence electrons.